The Bertz CT molecular complexity index is 1170. The maximum Gasteiger partial charge on any atom is 0.255 e. The Morgan fingerprint density at radius 1 is 1.03 bits per heavy atom. The fourth-order valence-electron chi connectivity index (χ4n) is 4.72. The Kier molecular flexibility index (Phi) is 11.4. The summed E-state index contributed by atoms with van der Waals surface area (Å²) in [6, 6.07) is 10.1. The van der Waals surface area contributed by atoms with E-state index in [4.69, 9.17) is 9.47 Å². The highest BCUT2D eigenvalue weighted by Gasteiger charge is 2.32. The van der Waals surface area contributed by atoms with Crippen LogP contribution in [0.5, 0.6) is 17.2 Å². The van der Waals surface area contributed by atoms with Crippen LogP contribution in [0.4, 0.5) is 0 Å². The second-order valence-corrected chi connectivity index (χ2v) is 12.4. The van der Waals surface area contributed by atoms with Gasteiger partial charge in [-0.15, -0.1) is 0 Å². The van der Waals surface area contributed by atoms with E-state index in [-0.39, 0.29) is 41.0 Å². The third-order valence-electron chi connectivity index (χ3n) is 6.83. The van der Waals surface area contributed by atoms with Crippen molar-refractivity contribution in [1.82, 2.24) is 9.62 Å². The molecule has 0 saturated carbocycles. The molecule has 1 amide bonds. The zero-order valence-electron chi connectivity index (χ0n) is 23.1. The van der Waals surface area contributed by atoms with Gasteiger partial charge in [-0.05, 0) is 55.2 Å². The van der Waals surface area contributed by atoms with Gasteiger partial charge in [-0.2, -0.15) is 4.31 Å². The number of nitrogens with zero attached hydrogens (tertiary/aromatic N) is 1. The van der Waals surface area contributed by atoms with Gasteiger partial charge in [0.2, 0.25) is 10.0 Å². The molecule has 0 saturated heterocycles. The summed E-state index contributed by atoms with van der Waals surface area (Å²) in [6.45, 7) is 4.24. The second kappa shape index (κ2) is 14.5. The molecule has 39 heavy (non-hydrogen) atoms. The first-order chi connectivity index (χ1) is 18.6. The summed E-state index contributed by atoms with van der Waals surface area (Å²) in [7, 11) is -2.41. The smallest absolute Gasteiger partial charge is 0.255 e. The lowest BCUT2D eigenvalue weighted by Gasteiger charge is -2.31. The number of hydrogen-bond donors (Lipinski definition) is 3. The van der Waals surface area contributed by atoms with Crippen LogP contribution in [-0.2, 0) is 10.0 Å². The van der Waals surface area contributed by atoms with Crippen molar-refractivity contribution in [2.45, 2.75) is 75.8 Å². The van der Waals surface area contributed by atoms with Crippen molar-refractivity contribution in [3.05, 3.63) is 48.0 Å². The van der Waals surface area contributed by atoms with Gasteiger partial charge < -0.3 is 25.0 Å². The number of carbonyl (C=O) groups excluding carboxylic acids is 1. The van der Waals surface area contributed by atoms with Crippen molar-refractivity contribution >= 4 is 15.9 Å². The summed E-state index contributed by atoms with van der Waals surface area (Å²) in [6.07, 6.45) is 4.91. The van der Waals surface area contributed by atoms with Gasteiger partial charge in [0.25, 0.3) is 5.91 Å². The second-order valence-electron chi connectivity index (χ2n) is 10.5. The monoisotopic (exact) mass is 562 g/mol. The topological polar surface area (TPSA) is 125 Å². The standard InChI is InChI=1S/C29H42N2O7S/c1-21(2)19-31(39(35,36)23-16-14-22(37-3)15-17-23)20-27(33)25-12-8-6-4-5-7-9-18-38-28-24(29(34)30-25)11-10-13-26(28)32/h10-11,13-17,21,25,27,32-33H,4-9,12,18-20H2,1-3H3,(H,30,34)/t25-,27+/m0/s1. The van der Waals surface area contributed by atoms with Gasteiger partial charge in [0.15, 0.2) is 11.5 Å². The van der Waals surface area contributed by atoms with E-state index < -0.39 is 28.1 Å². The molecule has 0 aromatic heterocycles. The number of para-hydroxylation sites is 1. The van der Waals surface area contributed by atoms with Crippen LogP contribution in [0.1, 0.15) is 69.2 Å². The molecule has 9 nitrogen and oxygen atoms in total. The van der Waals surface area contributed by atoms with Crippen LogP contribution in [-0.4, -0.2) is 67.8 Å². The number of rotatable bonds is 8. The predicted octanol–water partition coefficient (Wildman–Crippen LogP) is 4.33. The number of ether oxygens (including phenoxy) is 2. The molecule has 0 bridgehead atoms. The third kappa shape index (κ3) is 8.58. The SMILES string of the molecule is COc1ccc(S(=O)(=O)N(CC(C)C)C[C@@H](O)[C@@H]2CCCCCCCCOc3c(O)cccc3C(=O)N2)cc1. The number of amides is 1. The van der Waals surface area contributed by atoms with Crippen LogP contribution >= 0.6 is 0 Å². The third-order valence-corrected chi connectivity index (χ3v) is 8.68. The van der Waals surface area contributed by atoms with Crippen molar-refractivity contribution in [2.24, 2.45) is 5.92 Å². The average Bonchev–Trinajstić information content (AvgIpc) is 2.90. The predicted molar refractivity (Wildman–Crippen MR) is 150 cm³/mol. The highest BCUT2D eigenvalue weighted by Crippen LogP contribution is 2.31. The lowest BCUT2D eigenvalue weighted by molar-refractivity contribution is 0.0750. The maximum atomic E-state index is 13.6. The van der Waals surface area contributed by atoms with Crippen molar-refractivity contribution in [1.29, 1.82) is 0 Å². The minimum Gasteiger partial charge on any atom is -0.504 e. The highest BCUT2D eigenvalue weighted by molar-refractivity contribution is 7.89. The van der Waals surface area contributed by atoms with E-state index in [1.54, 1.807) is 24.3 Å². The Morgan fingerprint density at radius 2 is 1.69 bits per heavy atom. The minimum atomic E-state index is -3.92. The first-order valence-electron chi connectivity index (χ1n) is 13.7. The summed E-state index contributed by atoms with van der Waals surface area (Å²) in [5.74, 6) is 0.0534. The molecule has 2 aromatic rings. The molecular formula is C29H42N2O7S. The van der Waals surface area contributed by atoms with Crippen molar-refractivity contribution in [2.75, 3.05) is 26.8 Å². The number of aliphatic hydroxyl groups excluding tert-OH is 1. The molecule has 1 aliphatic rings. The molecule has 0 unspecified atom stereocenters. The zero-order chi connectivity index (χ0) is 28.4. The van der Waals surface area contributed by atoms with Gasteiger partial charge >= 0.3 is 0 Å². The van der Waals surface area contributed by atoms with Crippen LogP contribution in [0.15, 0.2) is 47.4 Å². The molecule has 1 aliphatic heterocycles. The van der Waals surface area contributed by atoms with Gasteiger partial charge in [0, 0.05) is 13.1 Å². The summed E-state index contributed by atoms with van der Waals surface area (Å²) in [5, 5.41) is 24.6. The molecule has 10 heteroatoms. The fraction of sp³-hybridized carbons (Fsp3) is 0.552. The van der Waals surface area contributed by atoms with Crippen LogP contribution < -0.4 is 14.8 Å². The lowest BCUT2D eigenvalue weighted by Crippen LogP contribution is -2.50. The van der Waals surface area contributed by atoms with E-state index >= 15 is 0 Å². The van der Waals surface area contributed by atoms with Crippen molar-refractivity contribution in [3.8, 4) is 17.2 Å². The van der Waals surface area contributed by atoms with Gasteiger partial charge in [-0.25, -0.2) is 8.42 Å². The quantitative estimate of drug-likeness (QED) is 0.437. The molecule has 3 N–H and O–H groups in total. The van der Waals surface area contributed by atoms with Crippen molar-refractivity contribution in [3.63, 3.8) is 0 Å². The van der Waals surface area contributed by atoms with E-state index in [0.29, 0.717) is 18.8 Å². The van der Waals surface area contributed by atoms with E-state index in [1.165, 1.54) is 29.6 Å². The minimum absolute atomic E-state index is 0.0100. The van der Waals surface area contributed by atoms with Crippen LogP contribution in [0, 0.1) is 5.92 Å². The Morgan fingerprint density at radius 3 is 2.36 bits per heavy atom. The van der Waals surface area contributed by atoms with Crippen LogP contribution in [0.2, 0.25) is 0 Å². The number of aliphatic hydroxyl groups is 1. The Balaban J connectivity index is 1.86. The van der Waals surface area contributed by atoms with E-state index in [0.717, 1.165) is 38.5 Å². The van der Waals surface area contributed by atoms with Crippen LogP contribution in [0.25, 0.3) is 0 Å². The summed E-state index contributed by atoms with van der Waals surface area (Å²) in [4.78, 5) is 13.4. The number of methoxy groups -OCH3 is 1. The zero-order valence-corrected chi connectivity index (χ0v) is 24.0. The number of aromatic hydroxyl groups is 1. The number of benzene rings is 2. The maximum absolute atomic E-state index is 13.6. The van der Waals surface area contributed by atoms with Gasteiger partial charge in [0.05, 0.1) is 36.3 Å². The molecule has 0 spiro atoms. The number of hydrogen-bond acceptors (Lipinski definition) is 7. The van der Waals surface area contributed by atoms with E-state index in [1.807, 2.05) is 13.8 Å². The first kappa shape index (κ1) is 30.7. The number of carbonyl (C=O) groups is 1. The van der Waals surface area contributed by atoms with Gasteiger partial charge in [-0.3, -0.25) is 4.79 Å². The van der Waals surface area contributed by atoms with E-state index in [9.17, 15) is 23.4 Å². The first-order valence-corrected chi connectivity index (χ1v) is 15.2. The molecule has 3 rings (SSSR count). The van der Waals surface area contributed by atoms with Gasteiger partial charge in [0.1, 0.15) is 5.75 Å². The summed E-state index contributed by atoms with van der Waals surface area (Å²) < 4.78 is 39.4. The van der Waals surface area contributed by atoms with Crippen molar-refractivity contribution < 1.29 is 32.9 Å². The summed E-state index contributed by atoms with van der Waals surface area (Å²) in [5.41, 5.74) is 0.175. The molecule has 2 atom stereocenters. The Labute approximate surface area is 232 Å². The number of phenolic OH excluding ortho intramolecular Hbond substituents is 1. The van der Waals surface area contributed by atoms with E-state index in [2.05, 4.69) is 5.32 Å². The summed E-state index contributed by atoms with van der Waals surface area (Å²) >= 11 is 0. The fourth-order valence-corrected chi connectivity index (χ4v) is 6.34. The lowest BCUT2D eigenvalue weighted by atomic mass is 10.0. The number of fused-ring (bicyclic) bond motifs is 1. The molecule has 2 aromatic carbocycles. The molecule has 216 valence electrons. The van der Waals surface area contributed by atoms with Crippen LogP contribution in [0.3, 0.4) is 0 Å². The Hall–Kier alpha value is -2.82. The van der Waals surface area contributed by atoms with Gasteiger partial charge in [-0.1, -0.05) is 52.0 Å². The molecular weight excluding hydrogens is 520 g/mol. The highest BCUT2D eigenvalue weighted by atomic mass is 32.2. The molecule has 0 radical (unpaired) electrons. The number of phenols is 1. The molecule has 0 fully saturated rings. The molecule has 0 aliphatic carbocycles. The number of nitrogens with one attached hydrogen (secondary N) is 1. The number of sulfonamides is 1. The average molecular weight is 563 g/mol. The normalized spacial score (nSPS) is 18.5. The molecule has 1 heterocycles. The largest absolute Gasteiger partial charge is 0.504 e.